The number of hydrogen-bond acceptors (Lipinski definition) is 5. The summed E-state index contributed by atoms with van der Waals surface area (Å²) in [6, 6.07) is 4.08. The van der Waals surface area contributed by atoms with Gasteiger partial charge in [-0.1, -0.05) is 0 Å². The van der Waals surface area contributed by atoms with Crippen LogP contribution in [-0.2, 0) is 6.42 Å². The van der Waals surface area contributed by atoms with Crippen LogP contribution in [0.2, 0.25) is 0 Å². The van der Waals surface area contributed by atoms with Crippen molar-refractivity contribution in [3.05, 3.63) is 34.8 Å². The van der Waals surface area contributed by atoms with Crippen molar-refractivity contribution in [2.75, 3.05) is 23.7 Å². The zero-order chi connectivity index (χ0) is 11.9. The van der Waals surface area contributed by atoms with Gasteiger partial charge in [0, 0.05) is 19.2 Å². The molecule has 0 saturated heterocycles. The summed E-state index contributed by atoms with van der Waals surface area (Å²) in [4.78, 5) is 8.31. The number of anilines is 2. The van der Waals surface area contributed by atoms with Crippen molar-refractivity contribution in [2.24, 2.45) is 0 Å². The van der Waals surface area contributed by atoms with Crippen molar-refractivity contribution >= 4 is 23.0 Å². The Bertz CT molecular complexity index is 442. The van der Waals surface area contributed by atoms with Gasteiger partial charge < -0.3 is 10.6 Å². The quantitative estimate of drug-likeness (QED) is 0.825. The van der Waals surface area contributed by atoms with Gasteiger partial charge in [0.05, 0.1) is 0 Å². The Morgan fingerprint density at radius 1 is 1.24 bits per heavy atom. The van der Waals surface area contributed by atoms with Crippen molar-refractivity contribution in [1.29, 1.82) is 0 Å². The zero-order valence-electron chi connectivity index (χ0n) is 9.81. The van der Waals surface area contributed by atoms with E-state index in [-0.39, 0.29) is 0 Å². The minimum Gasteiger partial charge on any atom is -0.370 e. The Morgan fingerprint density at radius 2 is 2.06 bits per heavy atom. The van der Waals surface area contributed by atoms with E-state index in [0.29, 0.717) is 0 Å². The highest BCUT2D eigenvalue weighted by Crippen LogP contribution is 2.10. The van der Waals surface area contributed by atoms with Gasteiger partial charge in [-0.15, -0.1) is 0 Å². The minimum absolute atomic E-state index is 0.862. The summed E-state index contributed by atoms with van der Waals surface area (Å²) in [6.07, 6.45) is 2.59. The highest BCUT2D eigenvalue weighted by Gasteiger charge is 1.98. The number of aromatic nitrogens is 2. The summed E-state index contributed by atoms with van der Waals surface area (Å²) in [7, 11) is 0. The van der Waals surface area contributed by atoms with Gasteiger partial charge in [0.1, 0.15) is 18.0 Å². The highest BCUT2D eigenvalue weighted by atomic mass is 32.1. The van der Waals surface area contributed by atoms with E-state index in [2.05, 4.69) is 37.4 Å². The maximum Gasteiger partial charge on any atom is 0.131 e. The highest BCUT2D eigenvalue weighted by molar-refractivity contribution is 7.07. The second-order valence-corrected chi connectivity index (χ2v) is 4.41. The molecule has 2 heterocycles. The second-order valence-electron chi connectivity index (χ2n) is 3.63. The molecule has 0 aliphatic carbocycles. The number of rotatable bonds is 6. The zero-order valence-corrected chi connectivity index (χ0v) is 10.6. The number of hydrogen-bond donors (Lipinski definition) is 2. The van der Waals surface area contributed by atoms with Crippen LogP contribution in [-0.4, -0.2) is 23.1 Å². The van der Waals surface area contributed by atoms with Gasteiger partial charge in [-0.3, -0.25) is 0 Å². The average Bonchev–Trinajstić information content (AvgIpc) is 2.83. The third-order valence-electron chi connectivity index (χ3n) is 2.32. The van der Waals surface area contributed by atoms with Crippen LogP contribution in [0, 0.1) is 0 Å². The number of nitrogens with zero attached hydrogens (tertiary/aromatic N) is 2. The molecule has 2 rings (SSSR count). The fourth-order valence-corrected chi connectivity index (χ4v) is 2.20. The molecule has 0 atom stereocenters. The molecule has 0 unspecified atom stereocenters. The minimum atomic E-state index is 0.862. The molecule has 0 aliphatic heterocycles. The van der Waals surface area contributed by atoms with Gasteiger partial charge in [-0.25, -0.2) is 9.97 Å². The largest absolute Gasteiger partial charge is 0.370 e. The van der Waals surface area contributed by atoms with E-state index in [1.54, 1.807) is 17.7 Å². The van der Waals surface area contributed by atoms with Gasteiger partial charge in [-0.05, 0) is 35.7 Å². The molecule has 4 nitrogen and oxygen atoms in total. The molecule has 0 spiro atoms. The normalized spacial score (nSPS) is 10.2. The van der Waals surface area contributed by atoms with Crippen LogP contribution in [0.15, 0.2) is 29.2 Å². The number of thiophene rings is 1. The lowest BCUT2D eigenvalue weighted by Crippen LogP contribution is -2.07. The Hall–Kier alpha value is -1.62. The van der Waals surface area contributed by atoms with Crippen molar-refractivity contribution < 1.29 is 0 Å². The van der Waals surface area contributed by atoms with Gasteiger partial charge in [0.2, 0.25) is 0 Å². The van der Waals surface area contributed by atoms with Gasteiger partial charge in [-0.2, -0.15) is 11.3 Å². The third-order valence-corrected chi connectivity index (χ3v) is 3.06. The molecule has 0 fully saturated rings. The Labute approximate surface area is 105 Å². The van der Waals surface area contributed by atoms with Crippen LogP contribution in [0.25, 0.3) is 0 Å². The van der Waals surface area contributed by atoms with Crippen LogP contribution in [0.4, 0.5) is 11.6 Å². The Morgan fingerprint density at radius 3 is 2.76 bits per heavy atom. The maximum atomic E-state index is 4.18. The summed E-state index contributed by atoms with van der Waals surface area (Å²) in [5.74, 6) is 1.73. The Kier molecular flexibility index (Phi) is 4.32. The van der Waals surface area contributed by atoms with Crippen molar-refractivity contribution in [3.8, 4) is 0 Å². The van der Waals surface area contributed by atoms with Crippen LogP contribution >= 0.6 is 11.3 Å². The summed E-state index contributed by atoms with van der Waals surface area (Å²) < 4.78 is 0. The summed E-state index contributed by atoms with van der Waals surface area (Å²) in [5.41, 5.74) is 1.36. The first kappa shape index (κ1) is 11.9. The molecule has 2 aromatic heterocycles. The first-order valence-electron chi connectivity index (χ1n) is 5.69. The smallest absolute Gasteiger partial charge is 0.131 e. The van der Waals surface area contributed by atoms with Crippen LogP contribution in [0.5, 0.6) is 0 Å². The molecule has 0 amide bonds. The molecule has 0 aromatic carbocycles. The molecule has 0 bridgehead atoms. The lowest BCUT2D eigenvalue weighted by Gasteiger charge is -2.06. The summed E-state index contributed by atoms with van der Waals surface area (Å²) in [6.45, 7) is 3.80. The maximum absolute atomic E-state index is 4.18. The fourth-order valence-electron chi connectivity index (χ4n) is 1.50. The van der Waals surface area contributed by atoms with E-state index in [1.807, 2.05) is 13.0 Å². The first-order valence-corrected chi connectivity index (χ1v) is 6.63. The Balaban J connectivity index is 1.84. The number of nitrogens with one attached hydrogen (secondary N) is 2. The van der Waals surface area contributed by atoms with Gasteiger partial charge >= 0.3 is 0 Å². The van der Waals surface area contributed by atoms with Crippen LogP contribution < -0.4 is 10.6 Å². The fraction of sp³-hybridized carbons (Fsp3) is 0.333. The first-order chi connectivity index (χ1) is 8.38. The average molecular weight is 248 g/mol. The van der Waals surface area contributed by atoms with Crippen molar-refractivity contribution in [3.63, 3.8) is 0 Å². The second kappa shape index (κ2) is 6.20. The lowest BCUT2D eigenvalue weighted by atomic mass is 10.2. The van der Waals surface area contributed by atoms with E-state index in [1.165, 1.54) is 5.56 Å². The van der Waals surface area contributed by atoms with E-state index in [0.717, 1.165) is 31.1 Å². The summed E-state index contributed by atoms with van der Waals surface area (Å²) >= 11 is 1.73. The van der Waals surface area contributed by atoms with Gasteiger partial charge in [0.25, 0.3) is 0 Å². The molecule has 2 N–H and O–H groups in total. The van der Waals surface area contributed by atoms with E-state index in [4.69, 9.17) is 0 Å². The standard InChI is InChI=1S/C12H16N4S/c1-2-13-11-7-12(16-9-15-11)14-5-3-10-4-6-17-8-10/h4,6-9H,2-3,5H2,1H3,(H2,13,14,15,16). The molecular weight excluding hydrogens is 232 g/mol. The van der Waals surface area contributed by atoms with Crippen molar-refractivity contribution in [2.45, 2.75) is 13.3 Å². The predicted molar refractivity (Wildman–Crippen MR) is 72.7 cm³/mol. The molecule has 90 valence electrons. The molecule has 0 saturated carbocycles. The van der Waals surface area contributed by atoms with Crippen LogP contribution in [0.1, 0.15) is 12.5 Å². The van der Waals surface area contributed by atoms with Crippen LogP contribution in [0.3, 0.4) is 0 Å². The SMILES string of the molecule is CCNc1cc(NCCc2ccsc2)ncn1. The lowest BCUT2D eigenvalue weighted by molar-refractivity contribution is 1.00. The molecule has 0 aliphatic rings. The monoisotopic (exact) mass is 248 g/mol. The molecular formula is C12H16N4S. The predicted octanol–water partition coefficient (Wildman–Crippen LogP) is 2.62. The molecule has 5 heteroatoms. The van der Waals surface area contributed by atoms with E-state index < -0.39 is 0 Å². The van der Waals surface area contributed by atoms with Crippen molar-refractivity contribution in [1.82, 2.24) is 9.97 Å². The topological polar surface area (TPSA) is 49.8 Å². The third kappa shape index (κ3) is 3.71. The summed E-state index contributed by atoms with van der Waals surface area (Å²) in [5, 5.41) is 10.7. The van der Waals surface area contributed by atoms with Gasteiger partial charge in [0.15, 0.2) is 0 Å². The molecule has 2 aromatic rings. The molecule has 0 radical (unpaired) electrons. The molecule has 17 heavy (non-hydrogen) atoms. The van der Waals surface area contributed by atoms with E-state index in [9.17, 15) is 0 Å². The van der Waals surface area contributed by atoms with E-state index >= 15 is 0 Å².